The molecule has 0 fully saturated rings. The van der Waals surface area contributed by atoms with Crippen LogP contribution in [-0.4, -0.2) is 23.5 Å². The number of carbonyl (C=O) groups excluding carboxylic acids is 1. The number of rotatable bonds is 7. The smallest absolute Gasteiger partial charge is 0.225 e. The van der Waals surface area contributed by atoms with Gasteiger partial charge >= 0.3 is 0 Å². The van der Waals surface area contributed by atoms with Crippen LogP contribution in [0.5, 0.6) is 5.75 Å². The van der Waals surface area contributed by atoms with E-state index in [2.05, 4.69) is 20.6 Å². The van der Waals surface area contributed by atoms with Crippen molar-refractivity contribution in [3.05, 3.63) is 53.5 Å². The zero-order valence-electron chi connectivity index (χ0n) is 13.3. The Hall–Kier alpha value is -3.06. The Balaban J connectivity index is 1.90. The minimum absolute atomic E-state index is 0.0417. The summed E-state index contributed by atoms with van der Waals surface area (Å²) in [4.78, 5) is 19.3. The fourth-order valence-corrected chi connectivity index (χ4v) is 2.45. The molecule has 0 bridgehead atoms. The first-order valence-corrected chi connectivity index (χ1v) is 7.77. The summed E-state index contributed by atoms with van der Waals surface area (Å²) in [5.41, 5.74) is 1.80. The van der Waals surface area contributed by atoms with Crippen molar-refractivity contribution >= 4 is 29.5 Å². The van der Waals surface area contributed by atoms with Crippen LogP contribution in [0.15, 0.2) is 47.1 Å². The number of carbonyl (C=O) groups is 1. The van der Waals surface area contributed by atoms with Crippen molar-refractivity contribution < 1.29 is 13.9 Å². The molecule has 0 aliphatic carbocycles. The van der Waals surface area contributed by atoms with E-state index in [4.69, 9.17) is 20.8 Å². The van der Waals surface area contributed by atoms with Gasteiger partial charge < -0.3 is 19.8 Å². The molecule has 0 aliphatic heterocycles. The lowest BCUT2D eigenvalue weighted by atomic mass is 10.2. The zero-order valence-corrected chi connectivity index (χ0v) is 14.1. The first-order valence-electron chi connectivity index (χ1n) is 7.39. The fourth-order valence-electron chi connectivity index (χ4n) is 2.28. The maximum absolute atomic E-state index is 11.0. The molecular weight excluding hydrogens is 344 g/mol. The molecule has 7 nitrogen and oxygen atoms in total. The van der Waals surface area contributed by atoms with Gasteiger partial charge in [-0.3, -0.25) is 4.79 Å². The van der Waals surface area contributed by atoms with Gasteiger partial charge in [-0.25, -0.2) is 4.98 Å². The number of furan rings is 1. The van der Waals surface area contributed by atoms with Crippen LogP contribution in [0.4, 0.5) is 11.5 Å². The lowest BCUT2D eigenvalue weighted by Gasteiger charge is -2.13. The Bertz CT molecular complexity index is 851. The summed E-state index contributed by atoms with van der Waals surface area (Å²) in [6.07, 6.45) is 2.07. The van der Waals surface area contributed by atoms with Crippen LogP contribution in [0.2, 0.25) is 5.28 Å². The van der Waals surface area contributed by atoms with Crippen LogP contribution in [0.25, 0.3) is 11.5 Å². The first kappa shape index (κ1) is 16.8. The number of methoxy groups -OCH3 is 1. The average molecular weight is 359 g/mol. The highest BCUT2D eigenvalue weighted by molar-refractivity contribution is 6.28. The lowest BCUT2D eigenvalue weighted by Crippen LogP contribution is -2.09. The van der Waals surface area contributed by atoms with Crippen LogP contribution in [0.1, 0.15) is 5.56 Å². The van der Waals surface area contributed by atoms with Gasteiger partial charge in [0.15, 0.2) is 11.6 Å². The van der Waals surface area contributed by atoms with Crippen LogP contribution >= 0.6 is 11.6 Å². The summed E-state index contributed by atoms with van der Waals surface area (Å²) in [5, 5.41) is 5.81. The van der Waals surface area contributed by atoms with Gasteiger partial charge in [0, 0.05) is 6.54 Å². The van der Waals surface area contributed by atoms with Gasteiger partial charge in [-0.2, -0.15) is 4.98 Å². The third-order valence-corrected chi connectivity index (χ3v) is 3.63. The molecule has 25 heavy (non-hydrogen) atoms. The molecule has 128 valence electrons. The Morgan fingerprint density at radius 2 is 2.04 bits per heavy atom. The predicted octanol–water partition coefficient (Wildman–Crippen LogP) is 3.58. The van der Waals surface area contributed by atoms with E-state index in [1.807, 2.05) is 24.3 Å². The van der Waals surface area contributed by atoms with E-state index >= 15 is 0 Å². The second kappa shape index (κ2) is 7.67. The molecule has 0 saturated heterocycles. The maximum Gasteiger partial charge on any atom is 0.225 e. The van der Waals surface area contributed by atoms with Crippen LogP contribution in [0.3, 0.4) is 0 Å². The molecule has 2 heterocycles. The van der Waals surface area contributed by atoms with Crippen molar-refractivity contribution in [2.24, 2.45) is 0 Å². The molecule has 0 saturated carbocycles. The number of nitrogens with zero attached hydrogens (tertiary/aromatic N) is 2. The van der Waals surface area contributed by atoms with E-state index in [1.165, 1.54) is 6.26 Å². The molecule has 2 aromatic heterocycles. The van der Waals surface area contributed by atoms with Gasteiger partial charge in [-0.15, -0.1) is 0 Å². The molecule has 1 aromatic carbocycles. The molecule has 0 spiro atoms. The second-order valence-electron chi connectivity index (χ2n) is 5.01. The molecule has 0 atom stereocenters. The number of halogens is 1. The van der Waals surface area contributed by atoms with Gasteiger partial charge in [0.1, 0.15) is 17.1 Å². The van der Waals surface area contributed by atoms with E-state index in [9.17, 15) is 4.79 Å². The summed E-state index contributed by atoms with van der Waals surface area (Å²) in [5.74, 6) is 1.65. The van der Waals surface area contributed by atoms with E-state index in [1.54, 1.807) is 19.2 Å². The lowest BCUT2D eigenvalue weighted by molar-refractivity contribution is -0.105. The molecule has 3 rings (SSSR count). The van der Waals surface area contributed by atoms with Crippen molar-refractivity contribution in [3.63, 3.8) is 0 Å². The number of hydrogen-bond donors (Lipinski definition) is 2. The summed E-state index contributed by atoms with van der Waals surface area (Å²) in [6, 6.07) is 11.0. The average Bonchev–Trinajstić information content (AvgIpc) is 3.16. The molecule has 8 heteroatoms. The summed E-state index contributed by atoms with van der Waals surface area (Å²) < 4.78 is 10.5. The number of benzene rings is 1. The van der Waals surface area contributed by atoms with Crippen LogP contribution < -0.4 is 15.4 Å². The predicted molar refractivity (Wildman–Crippen MR) is 94.8 cm³/mol. The van der Waals surface area contributed by atoms with Crippen molar-refractivity contribution in [1.82, 2.24) is 9.97 Å². The SMILES string of the molecule is COc1ccc(CNc2nc(Cl)nc(-c3ccco3)c2NC=O)cc1. The van der Waals surface area contributed by atoms with Gasteiger partial charge in [0.25, 0.3) is 0 Å². The quantitative estimate of drug-likeness (QED) is 0.495. The topological polar surface area (TPSA) is 89.3 Å². The van der Waals surface area contributed by atoms with Gasteiger partial charge in [0.2, 0.25) is 11.7 Å². The first-order chi connectivity index (χ1) is 12.2. The van der Waals surface area contributed by atoms with Gasteiger partial charge in [-0.1, -0.05) is 12.1 Å². The highest BCUT2D eigenvalue weighted by Crippen LogP contribution is 2.33. The minimum atomic E-state index is 0.0417. The Morgan fingerprint density at radius 1 is 1.24 bits per heavy atom. The zero-order chi connectivity index (χ0) is 17.6. The maximum atomic E-state index is 11.0. The third kappa shape index (κ3) is 3.89. The highest BCUT2D eigenvalue weighted by Gasteiger charge is 2.17. The van der Waals surface area contributed by atoms with Crippen molar-refractivity contribution in [1.29, 1.82) is 0 Å². The highest BCUT2D eigenvalue weighted by atomic mass is 35.5. The molecule has 3 aromatic rings. The number of amides is 1. The van der Waals surface area contributed by atoms with Gasteiger partial charge in [-0.05, 0) is 41.4 Å². The fraction of sp³-hybridized carbons (Fsp3) is 0.118. The summed E-state index contributed by atoms with van der Waals surface area (Å²) >= 11 is 6.02. The number of hydrogen-bond acceptors (Lipinski definition) is 6. The van der Waals surface area contributed by atoms with E-state index in [0.29, 0.717) is 35.9 Å². The molecule has 0 unspecified atom stereocenters. The second-order valence-corrected chi connectivity index (χ2v) is 5.34. The normalized spacial score (nSPS) is 10.3. The van der Waals surface area contributed by atoms with Crippen molar-refractivity contribution in [3.8, 4) is 17.2 Å². The van der Waals surface area contributed by atoms with Gasteiger partial charge in [0.05, 0.1) is 13.4 Å². The number of ether oxygens (including phenoxy) is 1. The largest absolute Gasteiger partial charge is 0.497 e. The summed E-state index contributed by atoms with van der Waals surface area (Å²) in [7, 11) is 1.61. The number of nitrogens with one attached hydrogen (secondary N) is 2. The Kier molecular flexibility index (Phi) is 5.15. The Labute approximate surface area is 149 Å². The van der Waals surface area contributed by atoms with E-state index in [-0.39, 0.29) is 5.28 Å². The molecule has 2 N–H and O–H groups in total. The number of anilines is 2. The third-order valence-electron chi connectivity index (χ3n) is 3.46. The summed E-state index contributed by atoms with van der Waals surface area (Å²) in [6.45, 7) is 0.475. The standard InChI is InChI=1S/C17H15ClN4O3/c1-24-12-6-4-11(5-7-12)9-19-16-15(20-10-23)14(21-17(18)22-16)13-3-2-8-25-13/h2-8,10H,9H2,1H3,(H,20,23)(H,19,21,22). The van der Waals surface area contributed by atoms with Crippen molar-refractivity contribution in [2.45, 2.75) is 6.54 Å². The molecule has 0 radical (unpaired) electrons. The number of aromatic nitrogens is 2. The molecule has 0 aliphatic rings. The van der Waals surface area contributed by atoms with Crippen LogP contribution in [-0.2, 0) is 11.3 Å². The monoisotopic (exact) mass is 358 g/mol. The molecular formula is C17H15ClN4O3. The Morgan fingerprint density at radius 3 is 2.68 bits per heavy atom. The minimum Gasteiger partial charge on any atom is -0.497 e. The van der Waals surface area contributed by atoms with E-state index in [0.717, 1.165) is 11.3 Å². The molecule has 1 amide bonds. The van der Waals surface area contributed by atoms with Crippen LogP contribution in [0, 0.1) is 0 Å². The van der Waals surface area contributed by atoms with Crippen molar-refractivity contribution in [2.75, 3.05) is 17.7 Å². The van der Waals surface area contributed by atoms with E-state index < -0.39 is 0 Å².